The average Bonchev–Trinajstić information content (AvgIpc) is 2.71. The molecule has 150 valence electrons. The number of carbonyl (C=O) groups excluding carboxylic acids is 1. The van der Waals surface area contributed by atoms with Crippen LogP contribution in [0.5, 0.6) is 11.5 Å². The Bertz CT molecular complexity index is 1140. The van der Waals surface area contributed by atoms with Gasteiger partial charge in [0.1, 0.15) is 28.3 Å². The molecule has 0 saturated heterocycles. The van der Waals surface area contributed by atoms with E-state index in [1.54, 1.807) is 18.2 Å². The monoisotopic (exact) mass is 398 g/mol. The second-order valence-corrected chi connectivity index (χ2v) is 6.09. The maximum Gasteiger partial charge on any atom is 0.349 e. The van der Waals surface area contributed by atoms with E-state index >= 15 is 0 Å². The molecule has 1 heterocycles. The molecule has 3 aromatic rings. The first kappa shape index (κ1) is 19.9. The number of nitro groups is 1. The van der Waals surface area contributed by atoms with Crippen molar-refractivity contribution in [1.29, 1.82) is 0 Å². The first-order valence-electron chi connectivity index (χ1n) is 8.77. The second kappa shape index (κ2) is 8.42. The quantitative estimate of drug-likeness (QED) is 0.365. The van der Waals surface area contributed by atoms with E-state index in [0.717, 1.165) is 6.42 Å². The van der Waals surface area contributed by atoms with Crippen LogP contribution >= 0.6 is 0 Å². The van der Waals surface area contributed by atoms with Gasteiger partial charge in [0.2, 0.25) is 0 Å². The molecular weight excluding hydrogens is 380 g/mol. The predicted molar refractivity (Wildman–Crippen MR) is 106 cm³/mol. The van der Waals surface area contributed by atoms with Crippen molar-refractivity contribution in [2.75, 3.05) is 19.0 Å². The molecule has 0 saturated carbocycles. The summed E-state index contributed by atoms with van der Waals surface area (Å²) in [6, 6.07) is 10.3. The van der Waals surface area contributed by atoms with Gasteiger partial charge in [-0.2, -0.15) is 0 Å². The molecule has 0 bridgehead atoms. The minimum atomic E-state index is -0.862. The second-order valence-electron chi connectivity index (χ2n) is 6.09. The molecule has 3 rings (SSSR count). The molecular formula is C20H18N2O7. The molecule has 0 radical (unpaired) electrons. The number of anilines is 1. The van der Waals surface area contributed by atoms with Crippen LogP contribution in [0.1, 0.15) is 23.7 Å². The van der Waals surface area contributed by atoms with Crippen LogP contribution in [-0.2, 0) is 0 Å². The molecule has 0 aliphatic heterocycles. The van der Waals surface area contributed by atoms with Crippen LogP contribution in [-0.4, -0.2) is 24.5 Å². The number of ether oxygens (including phenoxy) is 2. The Balaban J connectivity index is 1.92. The summed E-state index contributed by atoms with van der Waals surface area (Å²) in [5.74, 6) is -0.00482. The fourth-order valence-electron chi connectivity index (χ4n) is 2.64. The summed E-state index contributed by atoms with van der Waals surface area (Å²) < 4.78 is 15.7. The lowest BCUT2D eigenvalue weighted by Crippen LogP contribution is -2.21. The van der Waals surface area contributed by atoms with E-state index in [9.17, 15) is 19.7 Å². The van der Waals surface area contributed by atoms with Gasteiger partial charge in [-0.15, -0.1) is 0 Å². The number of fused-ring (bicyclic) bond motifs is 1. The fourth-order valence-corrected chi connectivity index (χ4v) is 2.64. The van der Waals surface area contributed by atoms with E-state index < -0.39 is 16.5 Å². The third kappa shape index (κ3) is 4.34. The van der Waals surface area contributed by atoms with Crippen molar-refractivity contribution in [3.63, 3.8) is 0 Å². The number of nitrogens with one attached hydrogen (secondary N) is 1. The van der Waals surface area contributed by atoms with E-state index in [2.05, 4.69) is 5.32 Å². The van der Waals surface area contributed by atoms with Crippen LogP contribution in [0.25, 0.3) is 11.0 Å². The van der Waals surface area contributed by atoms with Crippen molar-refractivity contribution in [3.8, 4) is 11.5 Å². The van der Waals surface area contributed by atoms with E-state index in [1.807, 2.05) is 6.92 Å². The highest BCUT2D eigenvalue weighted by molar-refractivity contribution is 6.06. The number of amides is 1. The van der Waals surface area contributed by atoms with Crippen LogP contribution in [0, 0.1) is 10.1 Å². The van der Waals surface area contributed by atoms with Crippen LogP contribution in [0.3, 0.4) is 0 Å². The summed E-state index contributed by atoms with van der Waals surface area (Å²) in [7, 11) is 1.37. The largest absolute Gasteiger partial charge is 0.496 e. The van der Waals surface area contributed by atoms with Gasteiger partial charge in [-0.25, -0.2) is 4.79 Å². The number of carbonyl (C=O) groups is 1. The Labute approximate surface area is 165 Å². The lowest BCUT2D eigenvalue weighted by molar-refractivity contribution is -0.384. The van der Waals surface area contributed by atoms with E-state index in [1.165, 1.54) is 31.4 Å². The molecule has 0 atom stereocenters. The highest BCUT2D eigenvalue weighted by Gasteiger charge is 2.20. The van der Waals surface area contributed by atoms with Crippen molar-refractivity contribution in [2.24, 2.45) is 0 Å². The minimum Gasteiger partial charge on any atom is -0.496 e. The van der Waals surface area contributed by atoms with E-state index in [0.29, 0.717) is 17.7 Å². The normalized spacial score (nSPS) is 10.6. The molecule has 2 aromatic carbocycles. The number of hydrogen-bond acceptors (Lipinski definition) is 7. The zero-order valence-electron chi connectivity index (χ0n) is 15.8. The number of benzene rings is 2. The molecule has 1 N–H and O–H groups in total. The minimum absolute atomic E-state index is 0.0661. The number of rotatable bonds is 7. The van der Waals surface area contributed by atoms with Gasteiger partial charge in [-0.1, -0.05) is 6.92 Å². The first-order chi connectivity index (χ1) is 13.9. The molecule has 9 nitrogen and oxygen atoms in total. The van der Waals surface area contributed by atoms with Crippen molar-refractivity contribution in [1.82, 2.24) is 0 Å². The Morgan fingerprint density at radius 2 is 1.93 bits per heavy atom. The SMILES string of the molecule is CCCOc1ccc2cc(C(=O)Nc3ccc(OC)cc3[N+](=O)[O-])c(=O)oc2c1. The number of nitrogens with zero attached hydrogens (tertiary/aromatic N) is 1. The summed E-state index contributed by atoms with van der Waals surface area (Å²) in [4.78, 5) is 35.5. The smallest absolute Gasteiger partial charge is 0.349 e. The van der Waals surface area contributed by atoms with E-state index in [-0.39, 0.29) is 28.3 Å². The standard InChI is InChI=1S/C20H18N2O7/c1-3-8-28-14-5-4-12-9-15(20(24)29-18(12)11-14)19(23)21-16-7-6-13(27-2)10-17(16)22(25)26/h4-7,9-11H,3,8H2,1-2H3,(H,21,23). The summed E-state index contributed by atoms with van der Waals surface area (Å²) >= 11 is 0. The number of hydrogen-bond donors (Lipinski definition) is 1. The number of methoxy groups -OCH3 is 1. The van der Waals surface area contributed by atoms with Gasteiger partial charge in [0, 0.05) is 11.5 Å². The Hall–Kier alpha value is -3.88. The molecule has 0 fully saturated rings. The van der Waals surface area contributed by atoms with Gasteiger partial charge in [0.15, 0.2) is 0 Å². The third-order valence-electron chi connectivity index (χ3n) is 4.07. The molecule has 0 aliphatic carbocycles. The third-order valence-corrected chi connectivity index (χ3v) is 4.07. The molecule has 0 aliphatic rings. The van der Waals surface area contributed by atoms with Gasteiger partial charge in [0.25, 0.3) is 11.6 Å². The average molecular weight is 398 g/mol. The molecule has 9 heteroatoms. The lowest BCUT2D eigenvalue weighted by atomic mass is 10.1. The lowest BCUT2D eigenvalue weighted by Gasteiger charge is -2.08. The topological polar surface area (TPSA) is 121 Å². The highest BCUT2D eigenvalue weighted by atomic mass is 16.6. The summed E-state index contributed by atoms with van der Waals surface area (Å²) in [6.07, 6.45) is 0.832. The Morgan fingerprint density at radius 3 is 2.62 bits per heavy atom. The molecule has 29 heavy (non-hydrogen) atoms. The fraction of sp³-hybridized carbons (Fsp3) is 0.200. The molecule has 1 aromatic heterocycles. The maximum atomic E-state index is 12.6. The maximum absolute atomic E-state index is 12.6. The van der Waals surface area contributed by atoms with Gasteiger partial charge in [0.05, 0.1) is 24.7 Å². The molecule has 1 amide bonds. The van der Waals surface area contributed by atoms with Crippen molar-refractivity contribution >= 4 is 28.3 Å². The van der Waals surface area contributed by atoms with Crippen molar-refractivity contribution in [2.45, 2.75) is 13.3 Å². The summed E-state index contributed by atoms with van der Waals surface area (Å²) in [5, 5.41) is 14.2. The zero-order chi connectivity index (χ0) is 21.0. The van der Waals surface area contributed by atoms with Crippen LogP contribution in [0.2, 0.25) is 0 Å². The molecule has 0 unspecified atom stereocenters. The predicted octanol–water partition coefficient (Wildman–Crippen LogP) is 3.75. The zero-order valence-corrected chi connectivity index (χ0v) is 15.8. The summed E-state index contributed by atoms with van der Waals surface area (Å²) in [6.45, 7) is 2.50. The Morgan fingerprint density at radius 1 is 1.17 bits per heavy atom. The van der Waals surface area contributed by atoms with Crippen molar-refractivity contribution < 1.29 is 23.6 Å². The van der Waals surface area contributed by atoms with Crippen molar-refractivity contribution in [3.05, 3.63) is 68.6 Å². The van der Waals surface area contributed by atoms with E-state index in [4.69, 9.17) is 13.9 Å². The van der Waals surface area contributed by atoms with Gasteiger partial charge >= 0.3 is 5.63 Å². The first-order valence-corrected chi connectivity index (χ1v) is 8.77. The number of nitro benzene ring substituents is 1. The van der Waals surface area contributed by atoms with Crippen LogP contribution < -0.4 is 20.4 Å². The van der Waals surface area contributed by atoms with Gasteiger partial charge in [-0.05, 0) is 36.8 Å². The Kier molecular flexibility index (Phi) is 5.77. The van der Waals surface area contributed by atoms with Crippen LogP contribution in [0.15, 0.2) is 51.7 Å². The van der Waals surface area contributed by atoms with Gasteiger partial charge < -0.3 is 19.2 Å². The van der Waals surface area contributed by atoms with Crippen LogP contribution in [0.4, 0.5) is 11.4 Å². The highest BCUT2D eigenvalue weighted by Crippen LogP contribution is 2.29. The summed E-state index contributed by atoms with van der Waals surface area (Å²) in [5.41, 5.74) is -1.29. The van der Waals surface area contributed by atoms with Gasteiger partial charge in [-0.3, -0.25) is 14.9 Å². The molecule has 0 spiro atoms.